The number of aliphatic hydroxyl groups is 1. The van der Waals surface area contributed by atoms with Gasteiger partial charge >= 0.3 is 0 Å². The van der Waals surface area contributed by atoms with Gasteiger partial charge < -0.3 is 15.8 Å². The van der Waals surface area contributed by atoms with Crippen LogP contribution in [0.3, 0.4) is 0 Å². The smallest absolute Gasteiger partial charge is 0.148 e. The van der Waals surface area contributed by atoms with E-state index >= 15 is 0 Å². The lowest BCUT2D eigenvalue weighted by Gasteiger charge is -2.14. The van der Waals surface area contributed by atoms with E-state index in [1.54, 1.807) is 0 Å². The zero-order chi connectivity index (χ0) is 12.3. The molecule has 2 atom stereocenters. The molecule has 0 bridgehead atoms. The van der Waals surface area contributed by atoms with Gasteiger partial charge in [0.05, 0.1) is 6.10 Å². The fourth-order valence-electron chi connectivity index (χ4n) is 2.25. The van der Waals surface area contributed by atoms with Crippen LogP contribution >= 0.6 is 0 Å². The summed E-state index contributed by atoms with van der Waals surface area (Å²) in [6.45, 7) is 2.75. The van der Waals surface area contributed by atoms with Gasteiger partial charge in [-0.15, -0.1) is 0 Å². The van der Waals surface area contributed by atoms with Crippen LogP contribution in [0.1, 0.15) is 24.8 Å². The van der Waals surface area contributed by atoms with E-state index in [2.05, 4.69) is 20.7 Å². The Bertz CT molecular complexity index is 384. The van der Waals surface area contributed by atoms with Crippen LogP contribution < -0.4 is 16.6 Å². The Morgan fingerprint density at radius 3 is 2.82 bits per heavy atom. The summed E-state index contributed by atoms with van der Waals surface area (Å²) >= 11 is 0. The average molecular weight is 237 g/mol. The first kappa shape index (κ1) is 12.1. The number of hydrogen-bond donors (Lipinski definition) is 4. The molecule has 1 aliphatic rings. The molecule has 2 unspecified atom stereocenters. The lowest BCUT2D eigenvalue weighted by atomic mass is 10.1. The lowest BCUT2D eigenvalue weighted by molar-refractivity contribution is 0.178. The van der Waals surface area contributed by atoms with Crippen LogP contribution in [-0.4, -0.2) is 27.7 Å². The molecule has 0 amide bonds. The highest BCUT2D eigenvalue weighted by Crippen LogP contribution is 2.26. The van der Waals surface area contributed by atoms with Gasteiger partial charge in [0, 0.05) is 12.1 Å². The second kappa shape index (κ2) is 5.29. The first-order valence-corrected chi connectivity index (χ1v) is 5.91. The van der Waals surface area contributed by atoms with Gasteiger partial charge in [0.2, 0.25) is 0 Å². The highest BCUT2D eigenvalue weighted by molar-refractivity contribution is 5.55. The maximum atomic E-state index is 9.45. The number of hydrazine groups is 1. The minimum absolute atomic E-state index is 0.130. The molecule has 2 rings (SSSR count). The van der Waals surface area contributed by atoms with Crippen LogP contribution in [0.4, 0.5) is 11.6 Å². The van der Waals surface area contributed by atoms with Gasteiger partial charge in [-0.1, -0.05) is 0 Å². The van der Waals surface area contributed by atoms with E-state index in [-0.39, 0.29) is 6.10 Å². The first-order chi connectivity index (χ1) is 8.20. The third-order valence-corrected chi connectivity index (χ3v) is 3.29. The summed E-state index contributed by atoms with van der Waals surface area (Å²) in [7, 11) is 0. The predicted octanol–water partition coefficient (Wildman–Crippen LogP) is 0.644. The number of anilines is 2. The molecule has 6 heteroatoms. The van der Waals surface area contributed by atoms with Gasteiger partial charge in [-0.2, -0.15) is 0 Å². The second-order valence-corrected chi connectivity index (χ2v) is 4.55. The molecule has 1 fully saturated rings. The standard InChI is InChI=1S/C11H19N5O/c1-7-10(14-6-15-11(7)16-12)13-5-8-2-3-9(17)4-8/h6,8-9,17H,2-5,12H2,1H3,(H2,13,14,15,16). The molecule has 1 aromatic heterocycles. The van der Waals surface area contributed by atoms with Crippen molar-refractivity contribution in [2.24, 2.45) is 11.8 Å². The van der Waals surface area contributed by atoms with Crippen molar-refractivity contribution in [1.29, 1.82) is 0 Å². The third-order valence-electron chi connectivity index (χ3n) is 3.29. The molecule has 5 N–H and O–H groups in total. The largest absolute Gasteiger partial charge is 0.393 e. The van der Waals surface area contributed by atoms with Crippen molar-refractivity contribution in [2.45, 2.75) is 32.3 Å². The van der Waals surface area contributed by atoms with Crippen molar-refractivity contribution in [2.75, 3.05) is 17.3 Å². The molecule has 6 nitrogen and oxygen atoms in total. The number of rotatable bonds is 4. The van der Waals surface area contributed by atoms with Gasteiger partial charge in [0.25, 0.3) is 0 Å². The molecule has 17 heavy (non-hydrogen) atoms. The van der Waals surface area contributed by atoms with Gasteiger partial charge in [-0.25, -0.2) is 15.8 Å². The molecule has 0 radical (unpaired) electrons. The summed E-state index contributed by atoms with van der Waals surface area (Å²) in [5.74, 6) is 7.31. The number of aromatic nitrogens is 2. The minimum atomic E-state index is -0.130. The summed E-state index contributed by atoms with van der Waals surface area (Å²) < 4.78 is 0. The number of hydrogen-bond acceptors (Lipinski definition) is 6. The highest BCUT2D eigenvalue weighted by Gasteiger charge is 2.22. The third kappa shape index (κ3) is 2.83. The average Bonchev–Trinajstić information content (AvgIpc) is 2.74. The molecule has 0 aliphatic heterocycles. The van der Waals surface area contributed by atoms with Crippen LogP contribution in [0.15, 0.2) is 6.33 Å². The van der Waals surface area contributed by atoms with E-state index in [9.17, 15) is 5.11 Å². The molecular weight excluding hydrogens is 218 g/mol. The SMILES string of the molecule is Cc1c(NN)ncnc1NCC1CCC(O)C1. The van der Waals surface area contributed by atoms with Crippen LogP contribution in [0.25, 0.3) is 0 Å². The molecule has 0 aromatic carbocycles. The van der Waals surface area contributed by atoms with E-state index < -0.39 is 0 Å². The molecule has 0 saturated heterocycles. The molecule has 1 aromatic rings. The number of nitrogens with two attached hydrogens (primary N) is 1. The first-order valence-electron chi connectivity index (χ1n) is 5.91. The molecule has 94 valence electrons. The van der Waals surface area contributed by atoms with Gasteiger partial charge in [0.15, 0.2) is 0 Å². The van der Waals surface area contributed by atoms with Crippen molar-refractivity contribution >= 4 is 11.6 Å². The van der Waals surface area contributed by atoms with Gasteiger partial charge in [-0.3, -0.25) is 0 Å². The number of nitrogens with one attached hydrogen (secondary N) is 2. The Morgan fingerprint density at radius 2 is 2.18 bits per heavy atom. The van der Waals surface area contributed by atoms with Gasteiger partial charge in [-0.05, 0) is 32.1 Å². The van der Waals surface area contributed by atoms with E-state index in [1.165, 1.54) is 6.33 Å². The van der Waals surface area contributed by atoms with Crippen molar-refractivity contribution < 1.29 is 5.11 Å². The number of aliphatic hydroxyl groups excluding tert-OH is 1. The Labute approximate surface area is 101 Å². The minimum Gasteiger partial charge on any atom is -0.393 e. The summed E-state index contributed by atoms with van der Waals surface area (Å²) in [5.41, 5.74) is 3.45. The molecule has 1 aliphatic carbocycles. The predicted molar refractivity (Wildman–Crippen MR) is 66.4 cm³/mol. The Balaban J connectivity index is 1.95. The summed E-state index contributed by atoms with van der Waals surface area (Å²) in [6.07, 6.45) is 4.20. The van der Waals surface area contributed by atoms with Gasteiger partial charge in [0.1, 0.15) is 18.0 Å². The fourth-order valence-corrected chi connectivity index (χ4v) is 2.25. The zero-order valence-corrected chi connectivity index (χ0v) is 9.98. The number of nitrogen functional groups attached to an aromatic ring is 1. The van der Waals surface area contributed by atoms with Crippen LogP contribution in [0, 0.1) is 12.8 Å². The van der Waals surface area contributed by atoms with Crippen molar-refractivity contribution in [3.8, 4) is 0 Å². The zero-order valence-electron chi connectivity index (χ0n) is 9.98. The van der Waals surface area contributed by atoms with E-state index in [0.29, 0.717) is 11.7 Å². The van der Waals surface area contributed by atoms with Crippen molar-refractivity contribution in [3.63, 3.8) is 0 Å². The fraction of sp³-hybridized carbons (Fsp3) is 0.636. The monoisotopic (exact) mass is 237 g/mol. The second-order valence-electron chi connectivity index (χ2n) is 4.55. The Hall–Kier alpha value is -1.40. The maximum absolute atomic E-state index is 9.45. The number of nitrogens with zero attached hydrogens (tertiary/aromatic N) is 2. The highest BCUT2D eigenvalue weighted by atomic mass is 16.3. The molecular formula is C11H19N5O. The quantitative estimate of drug-likeness (QED) is 0.453. The molecule has 1 heterocycles. The maximum Gasteiger partial charge on any atom is 0.148 e. The molecule has 0 spiro atoms. The van der Waals surface area contributed by atoms with E-state index in [0.717, 1.165) is 37.2 Å². The van der Waals surface area contributed by atoms with Crippen molar-refractivity contribution in [1.82, 2.24) is 9.97 Å². The Kier molecular flexibility index (Phi) is 3.75. The summed E-state index contributed by atoms with van der Waals surface area (Å²) in [4.78, 5) is 8.21. The normalized spacial score (nSPS) is 23.7. The van der Waals surface area contributed by atoms with Crippen molar-refractivity contribution in [3.05, 3.63) is 11.9 Å². The van der Waals surface area contributed by atoms with E-state index in [4.69, 9.17) is 5.84 Å². The topological polar surface area (TPSA) is 96.1 Å². The summed E-state index contributed by atoms with van der Waals surface area (Å²) in [5, 5.41) is 12.7. The van der Waals surface area contributed by atoms with Crippen LogP contribution in [0.5, 0.6) is 0 Å². The van der Waals surface area contributed by atoms with E-state index in [1.807, 2.05) is 6.92 Å². The summed E-state index contributed by atoms with van der Waals surface area (Å²) in [6, 6.07) is 0. The molecule has 1 saturated carbocycles. The van der Waals surface area contributed by atoms with Crippen LogP contribution in [-0.2, 0) is 0 Å². The Morgan fingerprint density at radius 1 is 1.41 bits per heavy atom. The lowest BCUT2D eigenvalue weighted by Crippen LogP contribution is -2.16. The van der Waals surface area contributed by atoms with Crippen LogP contribution in [0.2, 0.25) is 0 Å².